The van der Waals surface area contributed by atoms with Crippen molar-refractivity contribution in [1.82, 2.24) is 0 Å². The summed E-state index contributed by atoms with van der Waals surface area (Å²) in [7, 11) is 0. The van der Waals surface area contributed by atoms with Gasteiger partial charge >= 0.3 is 0 Å². The lowest BCUT2D eigenvalue weighted by atomic mass is 9.81. The minimum Gasteiger partial charge on any atom is -0.135 e. The molecule has 12 rings (SSSR count). The first kappa shape index (κ1) is 29.7. The summed E-state index contributed by atoms with van der Waals surface area (Å²) < 4.78 is 5.45. The van der Waals surface area contributed by atoms with Crippen molar-refractivity contribution in [1.29, 1.82) is 0 Å². The minimum atomic E-state index is -0.0138. The fourth-order valence-corrected chi connectivity index (χ4v) is 12.0. The lowest BCUT2D eigenvalue weighted by Gasteiger charge is -2.22. The molecule has 0 amide bonds. The number of fused-ring (bicyclic) bond motifs is 14. The Labute approximate surface area is 315 Å². The minimum absolute atomic E-state index is 0.0138. The van der Waals surface area contributed by atoms with Crippen molar-refractivity contribution in [3.63, 3.8) is 0 Å². The first-order valence-corrected chi connectivity index (χ1v) is 20.1. The van der Waals surface area contributed by atoms with Gasteiger partial charge in [0.2, 0.25) is 0 Å². The molecule has 0 saturated heterocycles. The Morgan fingerprint density at radius 1 is 0.340 bits per heavy atom. The van der Waals surface area contributed by atoms with Gasteiger partial charge in [-0.2, -0.15) is 0 Å². The molecule has 0 atom stereocenters. The van der Waals surface area contributed by atoms with E-state index in [1.165, 1.54) is 117 Å². The summed E-state index contributed by atoms with van der Waals surface area (Å²) in [5, 5.41) is 13.3. The van der Waals surface area contributed by atoms with Crippen LogP contribution in [0.4, 0.5) is 0 Å². The second-order valence-electron chi connectivity index (χ2n) is 15.2. The van der Waals surface area contributed by atoms with Crippen LogP contribution in [0, 0.1) is 0 Å². The average molecular weight is 709 g/mol. The van der Waals surface area contributed by atoms with E-state index in [0.717, 1.165) is 0 Å². The van der Waals surface area contributed by atoms with Gasteiger partial charge in [0.05, 0.1) is 0 Å². The van der Waals surface area contributed by atoms with E-state index in [1.54, 1.807) is 0 Å². The molecule has 0 nitrogen and oxygen atoms in total. The van der Waals surface area contributed by atoms with Gasteiger partial charge in [0.15, 0.2) is 0 Å². The van der Waals surface area contributed by atoms with Crippen molar-refractivity contribution in [3.05, 3.63) is 169 Å². The standard InChI is InChI=1S/C51H32S2/c1-51(2)43-17-9-7-11-31(43)41-27-29(19-25-44(41)51)47-33-13-3-5-15-35(33)48(36-16-6-4-14-34(36)47)30-20-26-46-42(28-30)40-24-23-38-39(50(40)53-46)22-21-37-32-12-8-10-18-45(32)52-49(37)38/h3-28H,1-2H3. The Balaban J connectivity index is 1.09. The van der Waals surface area contributed by atoms with Crippen LogP contribution in [0.3, 0.4) is 0 Å². The zero-order valence-electron chi connectivity index (χ0n) is 29.3. The monoisotopic (exact) mass is 708 g/mol. The molecule has 2 aromatic heterocycles. The van der Waals surface area contributed by atoms with Gasteiger partial charge in [-0.15, -0.1) is 22.7 Å². The van der Waals surface area contributed by atoms with Gasteiger partial charge in [-0.3, -0.25) is 0 Å². The molecule has 1 aliphatic rings. The first-order valence-electron chi connectivity index (χ1n) is 18.4. The molecule has 248 valence electrons. The number of rotatable bonds is 2. The molecular formula is C51H32S2. The normalized spacial score (nSPS) is 13.6. The second kappa shape index (κ2) is 10.6. The Morgan fingerprint density at radius 2 is 0.792 bits per heavy atom. The molecule has 0 bridgehead atoms. The highest BCUT2D eigenvalue weighted by Crippen LogP contribution is 2.52. The summed E-state index contributed by atoms with van der Waals surface area (Å²) in [6.45, 7) is 4.72. The second-order valence-corrected chi connectivity index (χ2v) is 17.3. The van der Waals surface area contributed by atoms with E-state index < -0.39 is 0 Å². The maximum atomic E-state index is 2.46. The maximum absolute atomic E-state index is 2.46. The van der Waals surface area contributed by atoms with Crippen molar-refractivity contribution >= 4 is 95.3 Å². The van der Waals surface area contributed by atoms with E-state index >= 15 is 0 Å². The third-order valence-electron chi connectivity index (χ3n) is 12.1. The molecule has 1 aliphatic carbocycles. The Hall–Kier alpha value is -5.80. The van der Waals surface area contributed by atoms with Crippen LogP contribution in [0.1, 0.15) is 25.0 Å². The van der Waals surface area contributed by atoms with E-state index in [4.69, 9.17) is 0 Å². The average Bonchev–Trinajstić information content (AvgIpc) is 3.84. The Kier molecular flexibility index (Phi) is 5.97. The molecule has 0 spiro atoms. The van der Waals surface area contributed by atoms with Crippen LogP contribution in [-0.4, -0.2) is 0 Å². The van der Waals surface area contributed by atoms with Gasteiger partial charge in [0.25, 0.3) is 0 Å². The highest BCUT2D eigenvalue weighted by Gasteiger charge is 2.35. The lowest BCUT2D eigenvalue weighted by Crippen LogP contribution is -2.14. The summed E-state index contributed by atoms with van der Waals surface area (Å²) in [4.78, 5) is 0. The number of benzene rings is 9. The van der Waals surface area contributed by atoms with Crippen molar-refractivity contribution in [2.75, 3.05) is 0 Å². The van der Waals surface area contributed by atoms with Crippen LogP contribution < -0.4 is 0 Å². The van der Waals surface area contributed by atoms with Gasteiger partial charge in [0, 0.05) is 56.5 Å². The highest BCUT2D eigenvalue weighted by molar-refractivity contribution is 7.28. The molecular weight excluding hydrogens is 677 g/mol. The van der Waals surface area contributed by atoms with E-state index in [-0.39, 0.29) is 5.41 Å². The summed E-state index contributed by atoms with van der Waals surface area (Å²) in [5.74, 6) is 0. The summed E-state index contributed by atoms with van der Waals surface area (Å²) >= 11 is 3.84. The van der Waals surface area contributed by atoms with Gasteiger partial charge in [-0.05, 0) is 90.3 Å². The molecule has 0 aliphatic heterocycles. The summed E-state index contributed by atoms with van der Waals surface area (Å²) in [6, 6.07) is 59.6. The molecule has 0 N–H and O–H groups in total. The maximum Gasteiger partial charge on any atom is 0.0434 e. The van der Waals surface area contributed by atoms with E-state index in [2.05, 4.69) is 172 Å². The van der Waals surface area contributed by atoms with Crippen LogP contribution >= 0.6 is 22.7 Å². The SMILES string of the molecule is CC1(C)c2ccccc2-c2cc(-c3c4ccccc4c(-c4ccc5sc6c(ccc7c6ccc6c8ccccc8sc67)c5c4)c4ccccc34)ccc21. The Bertz CT molecular complexity index is 3310. The Morgan fingerprint density at radius 3 is 1.43 bits per heavy atom. The molecule has 0 saturated carbocycles. The molecule has 53 heavy (non-hydrogen) atoms. The molecule has 9 aromatic carbocycles. The largest absolute Gasteiger partial charge is 0.135 e. The van der Waals surface area contributed by atoms with E-state index in [9.17, 15) is 0 Å². The van der Waals surface area contributed by atoms with Crippen LogP contribution in [0.25, 0.3) is 106 Å². The van der Waals surface area contributed by atoms with E-state index in [0.29, 0.717) is 0 Å². The van der Waals surface area contributed by atoms with Crippen LogP contribution in [0.2, 0.25) is 0 Å². The quantitative estimate of drug-likeness (QED) is 0.157. The van der Waals surface area contributed by atoms with Crippen molar-refractivity contribution in [2.45, 2.75) is 19.3 Å². The molecule has 0 radical (unpaired) electrons. The smallest absolute Gasteiger partial charge is 0.0434 e. The van der Waals surface area contributed by atoms with Crippen LogP contribution in [0.5, 0.6) is 0 Å². The molecule has 0 unspecified atom stereocenters. The number of thiophene rings is 2. The highest BCUT2D eigenvalue weighted by atomic mass is 32.1. The zero-order valence-corrected chi connectivity index (χ0v) is 31.0. The number of hydrogen-bond acceptors (Lipinski definition) is 2. The van der Waals surface area contributed by atoms with Crippen LogP contribution in [0.15, 0.2) is 158 Å². The van der Waals surface area contributed by atoms with E-state index in [1.807, 2.05) is 22.7 Å². The van der Waals surface area contributed by atoms with Crippen LogP contribution in [-0.2, 0) is 5.41 Å². The predicted molar refractivity (Wildman–Crippen MR) is 233 cm³/mol. The molecule has 11 aromatic rings. The predicted octanol–water partition coefficient (Wildman–Crippen LogP) is 15.5. The van der Waals surface area contributed by atoms with Crippen molar-refractivity contribution in [3.8, 4) is 33.4 Å². The van der Waals surface area contributed by atoms with Gasteiger partial charge in [0.1, 0.15) is 0 Å². The van der Waals surface area contributed by atoms with Gasteiger partial charge in [-0.1, -0.05) is 147 Å². The third-order valence-corrected chi connectivity index (χ3v) is 14.5. The zero-order chi connectivity index (χ0) is 35.0. The molecule has 2 heterocycles. The summed E-state index contributed by atoms with van der Waals surface area (Å²) in [6.07, 6.45) is 0. The lowest BCUT2D eigenvalue weighted by molar-refractivity contribution is 0.660. The molecule has 0 fully saturated rings. The summed E-state index contributed by atoms with van der Waals surface area (Å²) in [5.41, 5.74) is 10.7. The van der Waals surface area contributed by atoms with Crippen molar-refractivity contribution < 1.29 is 0 Å². The number of hydrogen-bond donors (Lipinski definition) is 0. The topological polar surface area (TPSA) is 0 Å². The molecule has 2 heteroatoms. The van der Waals surface area contributed by atoms with Crippen molar-refractivity contribution in [2.24, 2.45) is 0 Å². The first-order chi connectivity index (χ1) is 26.0. The third kappa shape index (κ3) is 4.00. The fourth-order valence-electron chi connectivity index (χ4n) is 9.60. The fraction of sp³-hybridized carbons (Fsp3) is 0.0588. The van der Waals surface area contributed by atoms with Gasteiger partial charge < -0.3 is 0 Å². The van der Waals surface area contributed by atoms with Gasteiger partial charge in [-0.25, -0.2) is 0 Å².